The van der Waals surface area contributed by atoms with Gasteiger partial charge in [-0.3, -0.25) is 0 Å². The lowest BCUT2D eigenvalue weighted by atomic mass is 9.87. The first-order valence-electron chi connectivity index (χ1n) is 6.01. The molecule has 0 aromatic carbocycles. The lowest BCUT2D eigenvalue weighted by Gasteiger charge is -2.25. The largest absolute Gasteiger partial charge is 0.393 e. The van der Waals surface area contributed by atoms with Crippen LogP contribution in [-0.4, -0.2) is 52.4 Å². The first kappa shape index (κ1) is 15.9. The molecule has 0 saturated heterocycles. The van der Waals surface area contributed by atoms with Gasteiger partial charge in [-0.05, 0) is 25.2 Å². The zero-order chi connectivity index (χ0) is 13.8. The van der Waals surface area contributed by atoms with Crippen molar-refractivity contribution in [2.45, 2.75) is 31.8 Å². The molecule has 1 fully saturated rings. The molecule has 0 amide bonds. The van der Waals surface area contributed by atoms with Crippen molar-refractivity contribution in [2.24, 2.45) is 5.92 Å². The average Bonchev–Trinajstić information content (AvgIpc) is 2.24. The minimum Gasteiger partial charge on any atom is -0.393 e. The molecule has 0 aromatic heterocycles. The minimum absolute atomic E-state index is 0.141. The third-order valence-corrected chi connectivity index (χ3v) is 5.62. The summed E-state index contributed by atoms with van der Waals surface area (Å²) in [6.07, 6.45) is 3.85. The normalized spacial score (nSPS) is 26.1. The van der Waals surface area contributed by atoms with E-state index >= 15 is 0 Å². The maximum atomic E-state index is 11.6. The molecule has 6 nitrogen and oxygen atoms in total. The highest BCUT2D eigenvalue weighted by Crippen LogP contribution is 2.23. The Morgan fingerprint density at radius 2 is 1.83 bits per heavy atom. The zero-order valence-corrected chi connectivity index (χ0v) is 12.1. The summed E-state index contributed by atoms with van der Waals surface area (Å²) in [6, 6.07) is 0. The molecular weight excluding hydrogens is 278 g/mol. The number of sulfone groups is 1. The van der Waals surface area contributed by atoms with E-state index in [0.29, 0.717) is 6.42 Å². The van der Waals surface area contributed by atoms with Crippen molar-refractivity contribution in [1.29, 1.82) is 0 Å². The third kappa shape index (κ3) is 6.67. The van der Waals surface area contributed by atoms with E-state index in [1.807, 2.05) is 0 Å². The number of rotatable bonds is 6. The van der Waals surface area contributed by atoms with E-state index in [1.54, 1.807) is 0 Å². The molecule has 1 aliphatic carbocycles. The Hall–Kier alpha value is -0.180. The van der Waals surface area contributed by atoms with Crippen LogP contribution in [0.5, 0.6) is 0 Å². The van der Waals surface area contributed by atoms with Gasteiger partial charge in [0.25, 0.3) is 0 Å². The first-order valence-corrected chi connectivity index (χ1v) is 9.72. The van der Waals surface area contributed by atoms with Crippen molar-refractivity contribution >= 4 is 19.9 Å². The highest BCUT2D eigenvalue weighted by Gasteiger charge is 2.22. The number of nitrogens with one attached hydrogen (secondary N) is 1. The Balaban J connectivity index is 2.37. The Bertz CT molecular complexity index is 457. The topological polar surface area (TPSA) is 101 Å². The number of hydrogen-bond donors (Lipinski definition) is 2. The highest BCUT2D eigenvalue weighted by molar-refractivity contribution is 7.93. The Morgan fingerprint density at radius 3 is 2.39 bits per heavy atom. The molecule has 1 aliphatic rings. The van der Waals surface area contributed by atoms with Crippen LogP contribution in [0.3, 0.4) is 0 Å². The van der Waals surface area contributed by atoms with Crippen molar-refractivity contribution < 1.29 is 21.9 Å². The van der Waals surface area contributed by atoms with Crippen molar-refractivity contribution in [2.75, 3.05) is 24.3 Å². The van der Waals surface area contributed by atoms with Crippen LogP contribution < -0.4 is 4.72 Å². The monoisotopic (exact) mass is 299 g/mol. The lowest BCUT2D eigenvalue weighted by Crippen LogP contribution is -2.35. The Morgan fingerprint density at radius 1 is 1.17 bits per heavy atom. The lowest BCUT2D eigenvalue weighted by molar-refractivity contribution is 0.102. The molecule has 18 heavy (non-hydrogen) atoms. The summed E-state index contributed by atoms with van der Waals surface area (Å²) in [5, 5.41) is 9.46. The van der Waals surface area contributed by atoms with Gasteiger partial charge in [0, 0.05) is 12.8 Å². The highest BCUT2D eigenvalue weighted by atomic mass is 32.2. The standard InChI is InChI=1S/C10H21NO5S2/c1-17(13,14)5-6-18(15,16)11-8-9-3-2-4-10(12)7-9/h9-12H,2-8H2,1H3. The number of aliphatic hydroxyl groups excluding tert-OH is 1. The fourth-order valence-electron chi connectivity index (χ4n) is 2.03. The fraction of sp³-hybridized carbons (Fsp3) is 1.00. The van der Waals surface area contributed by atoms with Gasteiger partial charge in [-0.15, -0.1) is 0 Å². The minimum atomic E-state index is -3.54. The van der Waals surface area contributed by atoms with Gasteiger partial charge >= 0.3 is 0 Å². The summed E-state index contributed by atoms with van der Waals surface area (Å²) >= 11 is 0. The number of aliphatic hydroxyl groups is 1. The predicted molar refractivity (Wildman–Crippen MR) is 69.5 cm³/mol. The smallest absolute Gasteiger partial charge is 0.212 e. The van der Waals surface area contributed by atoms with Crippen LogP contribution >= 0.6 is 0 Å². The molecule has 108 valence electrons. The fourth-order valence-corrected chi connectivity index (χ4v) is 4.75. The van der Waals surface area contributed by atoms with Gasteiger partial charge in [0.15, 0.2) is 0 Å². The molecule has 0 radical (unpaired) electrons. The molecule has 2 atom stereocenters. The SMILES string of the molecule is CS(=O)(=O)CCS(=O)(=O)NCC1CCCC(O)C1. The van der Waals surface area contributed by atoms with Crippen LogP contribution in [0, 0.1) is 5.92 Å². The maximum absolute atomic E-state index is 11.6. The zero-order valence-electron chi connectivity index (χ0n) is 10.5. The van der Waals surface area contributed by atoms with E-state index in [-0.39, 0.29) is 24.3 Å². The van der Waals surface area contributed by atoms with Crippen LogP contribution in [0.2, 0.25) is 0 Å². The number of sulfonamides is 1. The second-order valence-electron chi connectivity index (χ2n) is 4.98. The van der Waals surface area contributed by atoms with Gasteiger partial charge in [-0.2, -0.15) is 0 Å². The summed E-state index contributed by atoms with van der Waals surface area (Å²) in [5.41, 5.74) is 0. The first-order chi connectivity index (χ1) is 8.18. The molecule has 0 heterocycles. The molecule has 2 N–H and O–H groups in total. The summed E-state index contributed by atoms with van der Waals surface area (Å²) < 4.78 is 47.3. The van der Waals surface area contributed by atoms with E-state index in [1.165, 1.54) is 0 Å². The molecular formula is C10H21NO5S2. The predicted octanol–water partition coefficient (Wildman–Crippen LogP) is -0.498. The molecule has 8 heteroatoms. The van der Waals surface area contributed by atoms with E-state index < -0.39 is 25.6 Å². The van der Waals surface area contributed by atoms with Crippen molar-refractivity contribution in [1.82, 2.24) is 4.72 Å². The maximum Gasteiger partial charge on any atom is 0.212 e. The average molecular weight is 299 g/mol. The van der Waals surface area contributed by atoms with Crippen LogP contribution in [0.1, 0.15) is 25.7 Å². The Kier molecular flexibility index (Phi) is 5.57. The second kappa shape index (κ2) is 6.31. The summed E-state index contributed by atoms with van der Waals surface area (Å²) in [7, 11) is -6.81. The van der Waals surface area contributed by atoms with Crippen LogP contribution in [0.15, 0.2) is 0 Å². The molecule has 0 aliphatic heterocycles. The van der Waals surface area contributed by atoms with E-state index in [2.05, 4.69) is 4.72 Å². The van der Waals surface area contributed by atoms with Gasteiger partial charge < -0.3 is 5.11 Å². The summed E-state index contributed by atoms with van der Waals surface area (Å²) in [4.78, 5) is 0. The van der Waals surface area contributed by atoms with E-state index in [0.717, 1.165) is 25.5 Å². The van der Waals surface area contributed by atoms with E-state index in [9.17, 15) is 21.9 Å². The molecule has 2 unspecified atom stereocenters. The van der Waals surface area contributed by atoms with Crippen LogP contribution in [0.4, 0.5) is 0 Å². The Labute approximate surface area is 109 Å². The quantitative estimate of drug-likeness (QED) is 0.689. The third-order valence-electron chi connectivity index (χ3n) is 3.07. The molecule has 1 saturated carbocycles. The van der Waals surface area contributed by atoms with Gasteiger partial charge in [-0.25, -0.2) is 21.6 Å². The van der Waals surface area contributed by atoms with Crippen LogP contribution in [-0.2, 0) is 19.9 Å². The summed E-state index contributed by atoms with van der Waals surface area (Å²) in [5.74, 6) is -0.627. The van der Waals surface area contributed by atoms with Crippen molar-refractivity contribution in [3.05, 3.63) is 0 Å². The van der Waals surface area contributed by atoms with Gasteiger partial charge in [0.1, 0.15) is 9.84 Å². The summed E-state index contributed by atoms with van der Waals surface area (Å²) in [6.45, 7) is 0.281. The molecule has 0 spiro atoms. The second-order valence-corrected chi connectivity index (χ2v) is 9.17. The van der Waals surface area contributed by atoms with Gasteiger partial charge in [0.05, 0.1) is 17.6 Å². The van der Waals surface area contributed by atoms with Gasteiger partial charge in [-0.1, -0.05) is 6.42 Å². The van der Waals surface area contributed by atoms with Crippen LogP contribution in [0.25, 0.3) is 0 Å². The van der Waals surface area contributed by atoms with Crippen molar-refractivity contribution in [3.8, 4) is 0 Å². The number of hydrogen-bond acceptors (Lipinski definition) is 5. The van der Waals surface area contributed by atoms with Crippen molar-refractivity contribution in [3.63, 3.8) is 0 Å². The molecule has 0 aromatic rings. The molecule has 1 rings (SSSR count). The molecule has 0 bridgehead atoms. The van der Waals surface area contributed by atoms with E-state index in [4.69, 9.17) is 0 Å². The van der Waals surface area contributed by atoms with Gasteiger partial charge in [0.2, 0.25) is 10.0 Å².